The molecule has 56 heavy (non-hydrogen) atoms. The van der Waals surface area contributed by atoms with E-state index in [-0.39, 0.29) is 35.4 Å². The summed E-state index contributed by atoms with van der Waals surface area (Å²) < 4.78 is 5.51. The van der Waals surface area contributed by atoms with E-state index in [9.17, 15) is 14.7 Å². The van der Waals surface area contributed by atoms with Crippen molar-refractivity contribution in [2.75, 3.05) is 17.4 Å². The molecule has 5 aromatic carbocycles. The van der Waals surface area contributed by atoms with E-state index in [0.717, 1.165) is 28.0 Å². The van der Waals surface area contributed by atoms with Gasteiger partial charge in [0.05, 0.1) is 46.7 Å². The Kier molecular flexibility index (Phi) is 8.71. The fraction of sp³-hybridized carbons (Fsp3) is 0.244. The molecule has 2 heterocycles. The van der Waals surface area contributed by atoms with Crippen molar-refractivity contribution in [3.8, 4) is 11.5 Å². The van der Waals surface area contributed by atoms with Crippen LogP contribution in [0.25, 0.3) is 10.8 Å². The van der Waals surface area contributed by atoms with Gasteiger partial charge in [-0.1, -0.05) is 96.4 Å². The second-order valence-electron chi connectivity index (χ2n) is 15.0. The van der Waals surface area contributed by atoms with Crippen LogP contribution in [-0.4, -0.2) is 40.9 Å². The standard InChI is InChI=1S/C45H37Cl2N3O6/c1-3-24-8-14-28(15-9-24)49-41(52)32-19-18-31-33(38(32)43(49)54)23-34-42(53)50(48-36-20-13-27(46)22-35(36)47)44(55)45(34,26-11-16-29(56-2)17-12-26)40(31)39-30-7-5-4-6-25(30)10-21-37(39)51/h4-18,20-22,32-34,38,40,48,51H,3,19,23H2,1-2H3/t32-,33+,34-,38-,40+,45+/m0/s1. The number of aryl methyl sites for hydroxylation is 1. The van der Waals surface area contributed by atoms with E-state index in [2.05, 4.69) is 5.43 Å². The van der Waals surface area contributed by atoms with Gasteiger partial charge in [-0.25, -0.2) is 0 Å². The minimum atomic E-state index is -1.62. The summed E-state index contributed by atoms with van der Waals surface area (Å²) in [6.07, 6.45) is 3.14. The number of methoxy groups -OCH3 is 1. The van der Waals surface area contributed by atoms with Crippen molar-refractivity contribution < 1.29 is 29.0 Å². The number of imide groups is 2. The zero-order valence-corrected chi connectivity index (χ0v) is 32.1. The van der Waals surface area contributed by atoms with Crippen LogP contribution in [-0.2, 0) is 31.0 Å². The van der Waals surface area contributed by atoms with Crippen molar-refractivity contribution in [3.63, 3.8) is 0 Å². The van der Waals surface area contributed by atoms with Crippen LogP contribution in [0.5, 0.6) is 11.5 Å². The molecule has 2 N–H and O–H groups in total. The van der Waals surface area contributed by atoms with E-state index in [0.29, 0.717) is 38.7 Å². The molecule has 2 saturated heterocycles. The van der Waals surface area contributed by atoms with Gasteiger partial charge in [0.1, 0.15) is 11.5 Å². The van der Waals surface area contributed by atoms with Gasteiger partial charge in [-0.2, -0.15) is 5.01 Å². The lowest BCUT2D eigenvalue weighted by atomic mass is 9.48. The van der Waals surface area contributed by atoms with E-state index in [4.69, 9.17) is 27.9 Å². The number of allylic oxidation sites excluding steroid dienone is 2. The van der Waals surface area contributed by atoms with Crippen molar-refractivity contribution >= 4 is 69.0 Å². The van der Waals surface area contributed by atoms with Crippen LogP contribution in [0.2, 0.25) is 10.0 Å². The number of hydrogen-bond acceptors (Lipinski definition) is 7. The topological polar surface area (TPSA) is 116 Å². The molecule has 4 amide bonds. The smallest absolute Gasteiger partial charge is 0.260 e. The number of benzene rings is 5. The zero-order valence-electron chi connectivity index (χ0n) is 30.5. The summed E-state index contributed by atoms with van der Waals surface area (Å²) in [5, 5.41) is 15.2. The maximum Gasteiger partial charge on any atom is 0.260 e. The van der Waals surface area contributed by atoms with Gasteiger partial charge in [0, 0.05) is 16.5 Å². The first-order chi connectivity index (χ1) is 27.1. The van der Waals surface area contributed by atoms with Gasteiger partial charge in [0.2, 0.25) is 11.8 Å². The first kappa shape index (κ1) is 36.0. The number of ether oxygens (including phenoxy) is 1. The number of rotatable bonds is 7. The molecule has 0 unspecified atom stereocenters. The van der Waals surface area contributed by atoms with Crippen molar-refractivity contribution in [1.29, 1.82) is 0 Å². The van der Waals surface area contributed by atoms with Crippen molar-refractivity contribution in [2.24, 2.45) is 23.7 Å². The molecule has 0 aromatic heterocycles. The lowest BCUT2D eigenvalue weighted by Crippen LogP contribution is -2.53. The van der Waals surface area contributed by atoms with E-state index >= 15 is 9.59 Å². The van der Waals surface area contributed by atoms with Crippen LogP contribution in [0.4, 0.5) is 11.4 Å². The molecule has 11 heteroatoms. The number of fused-ring (bicyclic) bond motifs is 5. The third kappa shape index (κ3) is 5.20. The van der Waals surface area contributed by atoms with Gasteiger partial charge in [-0.15, -0.1) is 0 Å². The highest BCUT2D eigenvalue weighted by atomic mass is 35.5. The zero-order chi connectivity index (χ0) is 39.0. The third-order valence-electron chi connectivity index (χ3n) is 12.4. The Balaban J connectivity index is 1.28. The number of phenols is 1. The molecular formula is C45H37Cl2N3O6. The quantitative estimate of drug-likeness (QED) is 0.125. The number of nitrogens with one attached hydrogen (secondary N) is 1. The molecule has 282 valence electrons. The average Bonchev–Trinajstić information content (AvgIpc) is 3.59. The second kappa shape index (κ2) is 13.5. The van der Waals surface area contributed by atoms with E-state index < -0.39 is 46.8 Å². The Morgan fingerprint density at radius 1 is 0.857 bits per heavy atom. The fourth-order valence-corrected chi connectivity index (χ4v) is 10.3. The fourth-order valence-electron chi connectivity index (χ4n) is 9.88. The molecule has 2 aliphatic carbocycles. The third-order valence-corrected chi connectivity index (χ3v) is 13.0. The minimum Gasteiger partial charge on any atom is -0.508 e. The van der Waals surface area contributed by atoms with Crippen molar-refractivity contribution in [3.05, 3.63) is 142 Å². The predicted molar refractivity (Wildman–Crippen MR) is 215 cm³/mol. The van der Waals surface area contributed by atoms with Gasteiger partial charge in [0.15, 0.2) is 0 Å². The Hall–Kier alpha value is -5.64. The first-order valence-corrected chi connectivity index (χ1v) is 19.5. The SMILES string of the molecule is CCc1ccc(N2C(=O)[C@H]3[C@H](CC=C4[C@H]3C[C@H]3C(=O)N(Nc5ccc(Cl)cc5Cl)C(=O)[C@@]3(c3ccc(OC)cc3)[C@H]4c3c(O)ccc4ccccc34)C2=O)cc1. The van der Waals surface area contributed by atoms with Gasteiger partial charge < -0.3 is 9.84 Å². The summed E-state index contributed by atoms with van der Waals surface area (Å²) in [7, 11) is 1.55. The molecule has 0 bridgehead atoms. The van der Waals surface area contributed by atoms with Gasteiger partial charge >= 0.3 is 0 Å². The summed E-state index contributed by atoms with van der Waals surface area (Å²) >= 11 is 12.8. The van der Waals surface area contributed by atoms with Crippen molar-refractivity contribution in [2.45, 2.75) is 37.5 Å². The molecule has 2 aliphatic heterocycles. The number of nitrogens with zero attached hydrogens (tertiary/aromatic N) is 2. The monoisotopic (exact) mass is 785 g/mol. The number of hydrazine groups is 1. The van der Waals surface area contributed by atoms with Crippen LogP contribution in [0.15, 0.2) is 115 Å². The highest BCUT2D eigenvalue weighted by Gasteiger charge is 2.71. The lowest BCUT2D eigenvalue weighted by molar-refractivity contribution is -0.138. The van der Waals surface area contributed by atoms with Crippen molar-refractivity contribution in [1.82, 2.24) is 5.01 Å². The molecule has 9 rings (SSSR count). The number of amides is 4. The highest BCUT2D eigenvalue weighted by Crippen LogP contribution is 2.65. The molecule has 0 spiro atoms. The molecule has 9 nitrogen and oxygen atoms in total. The second-order valence-corrected chi connectivity index (χ2v) is 15.8. The van der Waals surface area contributed by atoms with E-state index in [1.54, 1.807) is 61.7 Å². The summed E-state index contributed by atoms with van der Waals surface area (Å²) in [5.74, 6) is -5.22. The molecule has 4 aliphatic rings. The molecule has 5 aromatic rings. The number of hydrogen-bond donors (Lipinski definition) is 2. The summed E-state index contributed by atoms with van der Waals surface area (Å²) in [6, 6.07) is 30.3. The summed E-state index contributed by atoms with van der Waals surface area (Å²) in [4.78, 5) is 61.0. The Bertz CT molecular complexity index is 2500. The predicted octanol–water partition coefficient (Wildman–Crippen LogP) is 8.61. The van der Waals surface area contributed by atoms with E-state index in [1.807, 2.05) is 55.5 Å². The lowest BCUT2D eigenvalue weighted by Gasteiger charge is -2.51. The van der Waals surface area contributed by atoms with E-state index in [1.165, 1.54) is 11.0 Å². The van der Waals surface area contributed by atoms with Crippen LogP contribution in [0.1, 0.15) is 42.4 Å². The molecule has 3 fully saturated rings. The molecule has 6 atom stereocenters. The molecular weight excluding hydrogens is 749 g/mol. The average molecular weight is 787 g/mol. The number of anilines is 2. The Morgan fingerprint density at radius 3 is 2.32 bits per heavy atom. The van der Waals surface area contributed by atoms with Gasteiger partial charge in [-0.3, -0.25) is 29.5 Å². The Labute approximate surface area is 333 Å². The summed E-state index contributed by atoms with van der Waals surface area (Å²) in [5.41, 5.74) is 5.03. The minimum absolute atomic E-state index is 0.0529. The largest absolute Gasteiger partial charge is 0.508 e. The summed E-state index contributed by atoms with van der Waals surface area (Å²) in [6.45, 7) is 2.04. The number of aromatic hydroxyl groups is 1. The maximum absolute atomic E-state index is 15.7. The Morgan fingerprint density at radius 2 is 1.61 bits per heavy atom. The molecule has 1 saturated carbocycles. The van der Waals surface area contributed by atoms with Gasteiger partial charge in [-0.05, 0) is 95.6 Å². The van der Waals surface area contributed by atoms with Crippen LogP contribution in [0.3, 0.4) is 0 Å². The number of halogens is 2. The number of carbonyl (C=O) groups is 4. The number of carbonyl (C=O) groups excluding carboxylic acids is 4. The molecule has 0 radical (unpaired) electrons. The van der Waals surface area contributed by atoms with Gasteiger partial charge in [0.25, 0.3) is 11.8 Å². The van der Waals surface area contributed by atoms with Crippen LogP contribution in [0, 0.1) is 23.7 Å². The first-order valence-electron chi connectivity index (χ1n) is 18.7. The van der Waals surface area contributed by atoms with Crippen LogP contribution < -0.4 is 15.1 Å². The highest BCUT2D eigenvalue weighted by molar-refractivity contribution is 6.36. The number of phenolic OH excluding ortho intramolecular Hbond substituents is 1. The van der Waals surface area contributed by atoms with Crippen LogP contribution >= 0.6 is 23.2 Å². The maximum atomic E-state index is 15.7. The normalized spacial score (nSPS) is 25.6.